The fourth-order valence-corrected chi connectivity index (χ4v) is 5.02. The van der Waals surface area contributed by atoms with E-state index < -0.39 is 0 Å². The fourth-order valence-electron chi connectivity index (χ4n) is 5.02. The van der Waals surface area contributed by atoms with Gasteiger partial charge in [0.2, 0.25) is 0 Å². The number of aromatic nitrogens is 2. The predicted octanol–water partition coefficient (Wildman–Crippen LogP) is 9.45. The highest BCUT2D eigenvalue weighted by Crippen LogP contribution is 2.30. The van der Waals surface area contributed by atoms with Crippen molar-refractivity contribution in [3.05, 3.63) is 146 Å². The number of nitrogens with zero attached hydrogens (tertiary/aromatic N) is 2. The molecule has 0 aliphatic rings. The summed E-state index contributed by atoms with van der Waals surface area (Å²) in [6.45, 7) is 0. The molecule has 0 aliphatic carbocycles. The predicted molar refractivity (Wildman–Crippen MR) is 159 cm³/mol. The highest BCUT2D eigenvalue weighted by atomic mass is 14.8. The molecule has 2 aromatic heterocycles. The Hall–Kier alpha value is -5.08. The van der Waals surface area contributed by atoms with Crippen molar-refractivity contribution in [3.63, 3.8) is 0 Å². The lowest BCUT2D eigenvalue weighted by Crippen LogP contribution is -1.91. The molecule has 2 heteroatoms. The Morgan fingerprint density at radius 1 is 0.263 bits per heavy atom. The molecule has 7 aromatic rings. The molecular weight excluding hydrogens is 460 g/mol. The number of hydrogen-bond donors (Lipinski definition) is 0. The maximum absolute atomic E-state index is 5.09. The van der Waals surface area contributed by atoms with Gasteiger partial charge in [-0.2, -0.15) is 0 Å². The van der Waals surface area contributed by atoms with Crippen LogP contribution in [-0.2, 0) is 0 Å². The van der Waals surface area contributed by atoms with Crippen molar-refractivity contribution in [1.29, 1.82) is 0 Å². The van der Waals surface area contributed by atoms with Crippen LogP contribution >= 0.6 is 0 Å². The van der Waals surface area contributed by atoms with Crippen molar-refractivity contribution in [2.75, 3.05) is 0 Å². The second kappa shape index (κ2) is 9.42. The standard InChI is InChI=1S/C36H24N2/c1-3-7-25(8-4-1)26-11-13-27(14-12-26)28-15-17-30(18-16-28)34-24-22-32-20-19-31-21-23-33(29-9-5-2-6-10-29)37-35(31)36(32)38-34/h1-24H. The first-order valence-electron chi connectivity index (χ1n) is 12.8. The molecule has 0 aliphatic heterocycles. The Kier molecular flexibility index (Phi) is 5.49. The van der Waals surface area contributed by atoms with Crippen LogP contribution in [0.25, 0.3) is 66.6 Å². The molecule has 0 saturated carbocycles. The normalized spacial score (nSPS) is 11.2. The topological polar surface area (TPSA) is 25.8 Å². The molecule has 0 saturated heterocycles. The average molecular weight is 485 g/mol. The van der Waals surface area contributed by atoms with Crippen molar-refractivity contribution in [2.24, 2.45) is 0 Å². The lowest BCUT2D eigenvalue weighted by molar-refractivity contribution is 1.36. The van der Waals surface area contributed by atoms with Crippen molar-refractivity contribution < 1.29 is 0 Å². The van der Waals surface area contributed by atoms with Gasteiger partial charge in [-0.05, 0) is 34.4 Å². The van der Waals surface area contributed by atoms with Crippen molar-refractivity contribution in [3.8, 4) is 44.8 Å². The van der Waals surface area contributed by atoms with Crippen LogP contribution in [0.3, 0.4) is 0 Å². The van der Waals surface area contributed by atoms with Gasteiger partial charge in [0, 0.05) is 21.9 Å². The Labute approximate surface area is 221 Å². The molecule has 0 spiro atoms. The minimum Gasteiger partial charge on any atom is -0.245 e. The summed E-state index contributed by atoms with van der Waals surface area (Å²) in [5.41, 5.74) is 10.8. The van der Waals surface area contributed by atoms with E-state index in [0.717, 1.165) is 44.3 Å². The van der Waals surface area contributed by atoms with Crippen LogP contribution in [-0.4, -0.2) is 9.97 Å². The quantitative estimate of drug-likeness (QED) is 0.233. The van der Waals surface area contributed by atoms with Gasteiger partial charge in [-0.1, -0.05) is 133 Å². The summed E-state index contributed by atoms with van der Waals surface area (Å²) in [6, 6.07) is 50.9. The number of hydrogen-bond acceptors (Lipinski definition) is 2. The van der Waals surface area contributed by atoms with Gasteiger partial charge in [0.25, 0.3) is 0 Å². The van der Waals surface area contributed by atoms with Gasteiger partial charge >= 0.3 is 0 Å². The number of benzene rings is 5. The molecule has 7 rings (SSSR count). The van der Waals surface area contributed by atoms with E-state index in [2.05, 4.69) is 121 Å². The summed E-state index contributed by atoms with van der Waals surface area (Å²) in [6.07, 6.45) is 0. The van der Waals surface area contributed by atoms with E-state index in [1.165, 1.54) is 22.3 Å². The van der Waals surface area contributed by atoms with E-state index in [0.29, 0.717) is 0 Å². The first kappa shape index (κ1) is 22.1. The molecular formula is C36H24N2. The zero-order valence-electron chi connectivity index (χ0n) is 20.8. The van der Waals surface area contributed by atoms with E-state index in [1.807, 2.05) is 24.3 Å². The van der Waals surface area contributed by atoms with Crippen molar-refractivity contribution >= 4 is 21.8 Å². The maximum Gasteiger partial charge on any atom is 0.0972 e. The van der Waals surface area contributed by atoms with Crippen LogP contribution in [0.1, 0.15) is 0 Å². The lowest BCUT2D eigenvalue weighted by Gasteiger charge is -2.09. The van der Waals surface area contributed by atoms with Crippen LogP contribution < -0.4 is 0 Å². The van der Waals surface area contributed by atoms with Gasteiger partial charge in [0.1, 0.15) is 0 Å². The molecule has 0 bridgehead atoms. The number of fused-ring (bicyclic) bond motifs is 3. The van der Waals surface area contributed by atoms with E-state index in [-0.39, 0.29) is 0 Å². The summed E-state index contributed by atoms with van der Waals surface area (Å²) in [4.78, 5) is 10.1. The summed E-state index contributed by atoms with van der Waals surface area (Å²) >= 11 is 0. The SMILES string of the molecule is c1ccc(-c2ccc(-c3ccc(-c4ccc5ccc6ccc(-c7ccccc7)nc6c5n4)cc3)cc2)cc1. The zero-order chi connectivity index (χ0) is 25.3. The summed E-state index contributed by atoms with van der Waals surface area (Å²) < 4.78 is 0. The average Bonchev–Trinajstić information content (AvgIpc) is 3.01. The molecule has 0 fully saturated rings. The highest BCUT2D eigenvalue weighted by Gasteiger charge is 2.09. The molecule has 0 radical (unpaired) electrons. The van der Waals surface area contributed by atoms with Crippen molar-refractivity contribution in [1.82, 2.24) is 9.97 Å². The molecule has 38 heavy (non-hydrogen) atoms. The zero-order valence-corrected chi connectivity index (χ0v) is 20.8. The molecule has 178 valence electrons. The van der Waals surface area contributed by atoms with Gasteiger partial charge in [0.15, 0.2) is 0 Å². The van der Waals surface area contributed by atoms with Crippen LogP contribution in [0.2, 0.25) is 0 Å². The van der Waals surface area contributed by atoms with E-state index in [9.17, 15) is 0 Å². The van der Waals surface area contributed by atoms with Gasteiger partial charge in [-0.25, -0.2) is 9.97 Å². The monoisotopic (exact) mass is 484 g/mol. The third-order valence-corrected chi connectivity index (χ3v) is 7.10. The maximum atomic E-state index is 5.09. The van der Waals surface area contributed by atoms with E-state index in [4.69, 9.17) is 9.97 Å². The number of pyridine rings is 2. The second-order valence-electron chi connectivity index (χ2n) is 9.49. The molecule has 2 nitrogen and oxygen atoms in total. The first-order chi connectivity index (χ1) is 18.8. The smallest absolute Gasteiger partial charge is 0.0972 e. The fraction of sp³-hybridized carbons (Fsp3) is 0. The first-order valence-corrected chi connectivity index (χ1v) is 12.8. The molecule has 2 heterocycles. The number of rotatable bonds is 4. The van der Waals surface area contributed by atoms with Crippen LogP contribution in [0.5, 0.6) is 0 Å². The highest BCUT2D eigenvalue weighted by molar-refractivity contribution is 6.04. The van der Waals surface area contributed by atoms with Gasteiger partial charge in [-0.3, -0.25) is 0 Å². The molecule has 0 unspecified atom stereocenters. The summed E-state index contributed by atoms with van der Waals surface area (Å²) in [5, 5.41) is 2.19. The minimum atomic E-state index is 0.929. The summed E-state index contributed by atoms with van der Waals surface area (Å²) in [7, 11) is 0. The lowest BCUT2D eigenvalue weighted by atomic mass is 9.99. The second-order valence-corrected chi connectivity index (χ2v) is 9.49. The third kappa shape index (κ3) is 4.12. The molecule has 0 atom stereocenters. The van der Waals surface area contributed by atoms with Crippen LogP contribution in [0.15, 0.2) is 146 Å². The largest absolute Gasteiger partial charge is 0.245 e. The van der Waals surface area contributed by atoms with Crippen molar-refractivity contribution in [2.45, 2.75) is 0 Å². The van der Waals surface area contributed by atoms with E-state index in [1.54, 1.807) is 0 Å². The Bertz CT molecular complexity index is 1870. The molecule has 5 aromatic carbocycles. The summed E-state index contributed by atoms with van der Waals surface area (Å²) in [5.74, 6) is 0. The Morgan fingerprint density at radius 2 is 0.579 bits per heavy atom. The third-order valence-electron chi connectivity index (χ3n) is 7.10. The molecule has 0 amide bonds. The minimum absolute atomic E-state index is 0.929. The van der Waals surface area contributed by atoms with Gasteiger partial charge < -0.3 is 0 Å². The molecule has 0 N–H and O–H groups in total. The Balaban J connectivity index is 1.23. The van der Waals surface area contributed by atoms with Gasteiger partial charge in [-0.15, -0.1) is 0 Å². The van der Waals surface area contributed by atoms with Crippen LogP contribution in [0, 0.1) is 0 Å². The van der Waals surface area contributed by atoms with Gasteiger partial charge in [0.05, 0.1) is 22.4 Å². The Morgan fingerprint density at radius 3 is 1.03 bits per heavy atom. The van der Waals surface area contributed by atoms with Crippen LogP contribution in [0.4, 0.5) is 0 Å². The van der Waals surface area contributed by atoms with E-state index >= 15 is 0 Å².